The van der Waals surface area contributed by atoms with Gasteiger partial charge in [0.1, 0.15) is 5.69 Å². The first-order valence-electron chi connectivity index (χ1n) is 10.3. The SMILES string of the molecule is CCCc1cnc(N2CC[C@H](O)[C@@]3(CCCN(C(=O)c4ccc[nH]4)C3)C2)nc1. The van der Waals surface area contributed by atoms with Crippen molar-refractivity contribution in [2.45, 2.75) is 45.1 Å². The Bertz CT molecular complexity index is 792. The average molecular weight is 383 g/mol. The van der Waals surface area contributed by atoms with Gasteiger partial charge in [0.2, 0.25) is 5.95 Å². The zero-order chi connectivity index (χ0) is 19.6. The van der Waals surface area contributed by atoms with Crippen molar-refractivity contribution in [1.29, 1.82) is 0 Å². The number of nitrogens with one attached hydrogen (secondary N) is 1. The fourth-order valence-corrected chi connectivity index (χ4v) is 4.62. The highest BCUT2D eigenvalue weighted by molar-refractivity contribution is 5.92. The first-order chi connectivity index (χ1) is 13.6. The van der Waals surface area contributed by atoms with Crippen LogP contribution in [-0.2, 0) is 6.42 Å². The molecule has 2 atom stereocenters. The molecule has 2 aliphatic rings. The van der Waals surface area contributed by atoms with Crippen LogP contribution in [0.4, 0.5) is 5.95 Å². The van der Waals surface area contributed by atoms with Crippen molar-refractivity contribution in [3.63, 3.8) is 0 Å². The molecule has 1 spiro atoms. The number of hydrogen-bond acceptors (Lipinski definition) is 5. The predicted molar refractivity (Wildman–Crippen MR) is 107 cm³/mol. The van der Waals surface area contributed by atoms with E-state index >= 15 is 0 Å². The molecule has 2 aromatic rings. The number of aliphatic hydroxyl groups is 1. The van der Waals surface area contributed by atoms with Crippen LogP contribution in [0.2, 0.25) is 0 Å². The summed E-state index contributed by atoms with van der Waals surface area (Å²) in [5.41, 5.74) is 1.43. The number of hydrogen-bond donors (Lipinski definition) is 2. The van der Waals surface area contributed by atoms with E-state index in [4.69, 9.17) is 0 Å². The first-order valence-corrected chi connectivity index (χ1v) is 10.3. The Morgan fingerprint density at radius 1 is 1.32 bits per heavy atom. The van der Waals surface area contributed by atoms with Crippen LogP contribution in [0.5, 0.6) is 0 Å². The molecule has 0 aliphatic carbocycles. The zero-order valence-corrected chi connectivity index (χ0v) is 16.5. The van der Waals surface area contributed by atoms with Gasteiger partial charge < -0.3 is 19.9 Å². The molecule has 0 bridgehead atoms. The van der Waals surface area contributed by atoms with Gasteiger partial charge in [-0.3, -0.25) is 4.79 Å². The van der Waals surface area contributed by atoms with Gasteiger partial charge >= 0.3 is 0 Å². The van der Waals surface area contributed by atoms with Crippen molar-refractivity contribution < 1.29 is 9.90 Å². The summed E-state index contributed by atoms with van der Waals surface area (Å²) in [6, 6.07) is 3.64. The quantitative estimate of drug-likeness (QED) is 0.846. The second kappa shape index (κ2) is 7.91. The van der Waals surface area contributed by atoms with Crippen molar-refractivity contribution in [3.05, 3.63) is 42.0 Å². The highest BCUT2D eigenvalue weighted by atomic mass is 16.3. The van der Waals surface area contributed by atoms with Crippen LogP contribution in [-0.4, -0.2) is 63.1 Å². The lowest BCUT2D eigenvalue weighted by atomic mass is 9.71. The molecule has 2 saturated heterocycles. The number of aryl methyl sites for hydroxylation is 1. The summed E-state index contributed by atoms with van der Waals surface area (Å²) >= 11 is 0. The van der Waals surface area contributed by atoms with Gasteiger partial charge in [0.15, 0.2) is 0 Å². The van der Waals surface area contributed by atoms with Crippen molar-refractivity contribution in [3.8, 4) is 0 Å². The molecule has 2 N–H and O–H groups in total. The van der Waals surface area contributed by atoms with Crippen LogP contribution in [0.3, 0.4) is 0 Å². The van der Waals surface area contributed by atoms with Crippen molar-refractivity contribution in [1.82, 2.24) is 19.9 Å². The second-order valence-corrected chi connectivity index (χ2v) is 8.14. The Kier molecular flexibility index (Phi) is 5.35. The van der Waals surface area contributed by atoms with Crippen LogP contribution in [0.15, 0.2) is 30.7 Å². The van der Waals surface area contributed by atoms with Gasteiger partial charge in [-0.1, -0.05) is 13.3 Å². The maximum Gasteiger partial charge on any atom is 0.270 e. The summed E-state index contributed by atoms with van der Waals surface area (Å²) in [7, 11) is 0. The summed E-state index contributed by atoms with van der Waals surface area (Å²) in [4.78, 5) is 29.0. The van der Waals surface area contributed by atoms with Crippen LogP contribution < -0.4 is 4.90 Å². The van der Waals surface area contributed by atoms with Crippen LogP contribution in [0, 0.1) is 5.41 Å². The van der Waals surface area contributed by atoms with E-state index in [0.29, 0.717) is 25.2 Å². The number of rotatable bonds is 4. The number of aliphatic hydroxyl groups excluding tert-OH is 1. The molecule has 1 amide bonds. The van der Waals surface area contributed by atoms with Crippen molar-refractivity contribution >= 4 is 11.9 Å². The van der Waals surface area contributed by atoms with Gasteiger partial charge in [-0.15, -0.1) is 0 Å². The minimum Gasteiger partial charge on any atom is -0.392 e. The summed E-state index contributed by atoms with van der Waals surface area (Å²) < 4.78 is 0. The molecule has 7 nitrogen and oxygen atoms in total. The molecular weight excluding hydrogens is 354 g/mol. The molecule has 2 aliphatic heterocycles. The molecule has 28 heavy (non-hydrogen) atoms. The van der Waals surface area contributed by atoms with E-state index in [0.717, 1.165) is 50.3 Å². The summed E-state index contributed by atoms with van der Waals surface area (Å²) in [5.74, 6) is 0.729. The fraction of sp³-hybridized carbons (Fsp3) is 0.571. The average Bonchev–Trinajstić information content (AvgIpc) is 3.26. The van der Waals surface area contributed by atoms with Gasteiger partial charge in [0, 0.05) is 50.2 Å². The Balaban J connectivity index is 1.51. The minimum absolute atomic E-state index is 0.00793. The lowest BCUT2D eigenvalue weighted by Gasteiger charge is -2.51. The number of carbonyl (C=O) groups is 1. The van der Waals surface area contributed by atoms with Crippen molar-refractivity contribution in [2.24, 2.45) is 5.41 Å². The topological polar surface area (TPSA) is 85.4 Å². The molecule has 2 fully saturated rings. The van der Waals surface area contributed by atoms with Crippen LogP contribution in [0.25, 0.3) is 0 Å². The Labute approximate surface area is 165 Å². The maximum atomic E-state index is 12.8. The molecule has 0 saturated carbocycles. The lowest BCUT2D eigenvalue weighted by Crippen LogP contribution is -2.60. The number of nitrogens with zero attached hydrogens (tertiary/aromatic N) is 4. The Morgan fingerprint density at radius 3 is 2.86 bits per heavy atom. The number of likely N-dealkylation sites (tertiary alicyclic amines) is 1. The van der Waals surface area contributed by atoms with Gasteiger partial charge in [0.25, 0.3) is 5.91 Å². The van der Waals surface area contributed by atoms with E-state index in [2.05, 4.69) is 26.8 Å². The smallest absolute Gasteiger partial charge is 0.270 e. The van der Waals surface area contributed by atoms with Crippen molar-refractivity contribution in [2.75, 3.05) is 31.1 Å². The monoisotopic (exact) mass is 383 g/mol. The number of carbonyl (C=O) groups excluding carboxylic acids is 1. The predicted octanol–water partition coefficient (Wildman–Crippen LogP) is 2.25. The summed E-state index contributed by atoms with van der Waals surface area (Å²) in [5, 5.41) is 10.9. The molecular formula is C21H29N5O2. The number of anilines is 1. The third-order valence-corrected chi connectivity index (χ3v) is 6.12. The van der Waals surface area contributed by atoms with Gasteiger partial charge in [-0.25, -0.2) is 9.97 Å². The molecule has 0 radical (unpaired) electrons. The molecule has 4 heterocycles. The molecule has 150 valence electrons. The third-order valence-electron chi connectivity index (χ3n) is 6.12. The summed E-state index contributed by atoms with van der Waals surface area (Å²) in [6.45, 7) is 4.86. The highest BCUT2D eigenvalue weighted by Gasteiger charge is 2.47. The molecule has 2 aromatic heterocycles. The van der Waals surface area contributed by atoms with Gasteiger partial charge in [0.05, 0.1) is 6.10 Å². The molecule has 0 unspecified atom stereocenters. The van der Waals surface area contributed by atoms with E-state index < -0.39 is 6.10 Å². The number of aromatic amines is 1. The zero-order valence-electron chi connectivity index (χ0n) is 16.5. The van der Waals surface area contributed by atoms with Gasteiger partial charge in [-0.2, -0.15) is 0 Å². The normalized spacial score (nSPS) is 25.3. The highest BCUT2D eigenvalue weighted by Crippen LogP contribution is 2.39. The Morgan fingerprint density at radius 2 is 2.14 bits per heavy atom. The number of piperidine rings is 2. The molecule has 7 heteroatoms. The number of amides is 1. The van der Waals surface area contributed by atoms with E-state index in [9.17, 15) is 9.90 Å². The van der Waals surface area contributed by atoms with Crippen LogP contribution >= 0.6 is 0 Å². The van der Waals surface area contributed by atoms with E-state index in [1.54, 1.807) is 12.3 Å². The van der Waals surface area contributed by atoms with E-state index in [1.807, 2.05) is 23.4 Å². The summed E-state index contributed by atoms with van der Waals surface area (Å²) in [6.07, 6.45) is 9.71. The van der Waals surface area contributed by atoms with E-state index in [-0.39, 0.29) is 11.3 Å². The Hall–Kier alpha value is -2.41. The molecule has 0 aromatic carbocycles. The molecule has 4 rings (SSSR count). The standard InChI is InChI=1S/C21H29N5O2/c1-2-5-16-12-23-20(24-13-16)26-11-7-18(27)21(15-26)8-4-10-25(14-21)19(28)17-6-3-9-22-17/h3,6,9,12-13,18,22,27H,2,4-5,7-8,10-11,14-15H2,1H3/t18-,21+/m0/s1. The number of H-pyrrole nitrogens is 1. The lowest BCUT2D eigenvalue weighted by molar-refractivity contribution is -0.0364. The second-order valence-electron chi connectivity index (χ2n) is 8.14. The number of aromatic nitrogens is 3. The maximum absolute atomic E-state index is 12.8. The largest absolute Gasteiger partial charge is 0.392 e. The third kappa shape index (κ3) is 3.63. The minimum atomic E-state index is -0.414. The van der Waals surface area contributed by atoms with Crippen LogP contribution in [0.1, 0.15) is 48.7 Å². The van der Waals surface area contributed by atoms with Gasteiger partial charge in [-0.05, 0) is 43.4 Å². The van der Waals surface area contributed by atoms with E-state index in [1.165, 1.54) is 0 Å². The fourth-order valence-electron chi connectivity index (χ4n) is 4.62. The first kappa shape index (κ1) is 18.9.